The highest BCUT2D eigenvalue weighted by atomic mass is 31.2. The van der Waals surface area contributed by atoms with Crippen LogP contribution >= 0.6 is 7.82 Å². The van der Waals surface area contributed by atoms with Gasteiger partial charge in [-0.05, 0) is 25.0 Å². The first-order valence-electron chi connectivity index (χ1n) is 12.0. The van der Waals surface area contributed by atoms with Crippen LogP contribution in [0.4, 0.5) is 0 Å². The minimum absolute atomic E-state index is 0.128. The molecule has 2 rings (SSSR count). The van der Waals surface area contributed by atoms with Crippen molar-refractivity contribution in [2.45, 2.75) is 57.8 Å². The van der Waals surface area contributed by atoms with Crippen LogP contribution in [0.5, 0.6) is 0 Å². The maximum Gasteiger partial charge on any atom is 0.268 e. The van der Waals surface area contributed by atoms with Crippen molar-refractivity contribution in [3.8, 4) is 0 Å². The normalized spacial score (nSPS) is 15.7. The third-order valence-electron chi connectivity index (χ3n) is 5.67. The summed E-state index contributed by atoms with van der Waals surface area (Å²) in [5, 5.41) is 0. The Labute approximate surface area is 198 Å². The fraction of sp³-hybridized carbons (Fsp3) is 0.667. The second-order valence-electron chi connectivity index (χ2n) is 9.62. The SMILES string of the molecule is C[N+](C)(C)CCOP(=O)([O-])OCCCCCCCCCCCN1C(=O)c2ccccc2C1=O. The van der Waals surface area contributed by atoms with E-state index in [-0.39, 0.29) is 25.0 Å². The Bertz CT molecular complexity index is 788. The summed E-state index contributed by atoms with van der Waals surface area (Å²) in [6, 6.07) is 6.99. The smallest absolute Gasteiger partial charge is 0.268 e. The maximum atomic E-state index is 12.3. The van der Waals surface area contributed by atoms with Gasteiger partial charge in [-0.3, -0.25) is 19.1 Å². The maximum absolute atomic E-state index is 12.3. The topological polar surface area (TPSA) is 96.0 Å². The third kappa shape index (κ3) is 10.1. The van der Waals surface area contributed by atoms with Crippen molar-refractivity contribution < 1.29 is 32.6 Å². The van der Waals surface area contributed by atoms with E-state index in [0.29, 0.717) is 35.1 Å². The van der Waals surface area contributed by atoms with Gasteiger partial charge in [0.25, 0.3) is 19.6 Å². The Morgan fingerprint density at radius 2 is 1.24 bits per heavy atom. The minimum atomic E-state index is -4.19. The molecule has 8 nitrogen and oxygen atoms in total. The number of phosphoric ester groups is 1. The van der Waals surface area contributed by atoms with Crippen molar-refractivity contribution in [3.63, 3.8) is 0 Å². The number of likely N-dealkylation sites (N-methyl/N-ethyl adjacent to an activating group) is 1. The number of imide groups is 1. The highest BCUT2D eigenvalue weighted by molar-refractivity contribution is 7.45. The summed E-state index contributed by atoms with van der Waals surface area (Å²) in [4.78, 5) is 37.7. The van der Waals surface area contributed by atoms with Crippen LogP contribution in [0.3, 0.4) is 0 Å². The second kappa shape index (κ2) is 13.4. The molecule has 0 saturated carbocycles. The lowest BCUT2D eigenvalue weighted by Gasteiger charge is -2.27. The van der Waals surface area contributed by atoms with Crippen LogP contribution in [-0.4, -0.2) is 68.6 Å². The number of carbonyl (C=O) groups is 2. The summed E-state index contributed by atoms with van der Waals surface area (Å²) in [5.41, 5.74) is 1.02. The molecule has 0 saturated heterocycles. The van der Waals surface area contributed by atoms with Gasteiger partial charge in [0.1, 0.15) is 13.2 Å². The predicted molar refractivity (Wildman–Crippen MR) is 126 cm³/mol. The van der Waals surface area contributed by atoms with Crippen LogP contribution in [-0.2, 0) is 13.6 Å². The summed E-state index contributed by atoms with van der Waals surface area (Å²) < 4.78 is 22.1. The fourth-order valence-electron chi connectivity index (χ4n) is 3.69. The van der Waals surface area contributed by atoms with Crippen molar-refractivity contribution in [1.82, 2.24) is 4.90 Å². The summed E-state index contributed by atoms with van der Waals surface area (Å²) >= 11 is 0. The summed E-state index contributed by atoms with van der Waals surface area (Å²) in [5.74, 6) is -0.354. The first-order valence-corrected chi connectivity index (χ1v) is 13.4. The molecule has 186 valence electrons. The molecule has 0 aliphatic carbocycles. The third-order valence-corrected chi connectivity index (χ3v) is 6.66. The van der Waals surface area contributed by atoms with Gasteiger partial charge in [-0.15, -0.1) is 0 Å². The number of unbranched alkanes of at least 4 members (excludes halogenated alkanes) is 8. The van der Waals surface area contributed by atoms with E-state index in [2.05, 4.69) is 0 Å². The average molecular weight is 483 g/mol. The van der Waals surface area contributed by atoms with Gasteiger partial charge in [-0.2, -0.15) is 0 Å². The molecule has 0 aromatic heterocycles. The zero-order valence-electron chi connectivity index (χ0n) is 20.3. The van der Waals surface area contributed by atoms with Crippen LogP contribution in [0.25, 0.3) is 0 Å². The number of carbonyl (C=O) groups excluding carboxylic acids is 2. The van der Waals surface area contributed by atoms with Crippen molar-refractivity contribution >= 4 is 19.6 Å². The van der Waals surface area contributed by atoms with Crippen molar-refractivity contribution in [2.24, 2.45) is 0 Å². The van der Waals surface area contributed by atoms with Gasteiger partial charge in [0.05, 0.1) is 38.9 Å². The number of benzene rings is 1. The molecule has 1 aliphatic heterocycles. The molecule has 9 heteroatoms. The lowest BCUT2D eigenvalue weighted by molar-refractivity contribution is -0.870. The number of hydrogen-bond acceptors (Lipinski definition) is 6. The summed E-state index contributed by atoms with van der Waals surface area (Å²) in [6.07, 6.45) is 8.93. The molecule has 0 spiro atoms. The number of hydrogen-bond donors (Lipinski definition) is 0. The van der Waals surface area contributed by atoms with E-state index in [9.17, 15) is 19.0 Å². The zero-order valence-corrected chi connectivity index (χ0v) is 21.2. The Balaban J connectivity index is 1.42. The van der Waals surface area contributed by atoms with E-state index < -0.39 is 7.82 Å². The molecule has 0 N–H and O–H groups in total. The Morgan fingerprint density at radius 3 is 1.76 bits per heavy atom. The second-order valence-corrected chi connectivity index (χ2v) is 11.0. The summed E-state index contributed by atoms with van der Waals surface area (Å²) in [7, 11) is 1.72. The van der Waals surface area contributed by atoms with Gasteiger partial charge < -0.3 is 18.4 Å². The van der Waals surface area contributed by atoms with Gasteiger partial charge in [-0.25, -0.2) is 0 Å². The van der Waals surface area contributed by atoms with Crippen LogP contribution in [0.2, 0.25) is 0 Å². The molecular formula is C24H39N2O6P. The molecule has 1 atom stereocenters. The van der Waals surface area contributed by atoms with Crippen LogP contribution < -0.4 is 4.89 Å². The van der Waals surface area contributed by atoms with E-state index in [1.54, 1.807) is 24.3 Å². The molecule has 2 amide bonds. The lowest BCUT2D eigenvalue weighted by Crippen LogP contribution is -2.37. The standard InChI is InChI=1S/C24H39N2O6P/c1-26(2,3)18-20-32-33(29,30)31-19-14-10-8-6-4-5-7-9-13-17-25-23(27)21-15-11-12-16-22(21)24(25)28/h11-12,15-16H,4-10,13-14,17-20H2,1-3H3. The van der Waals surface area contributed by atoms with E-state index in [1.807, 2.05) is 21.1 Å². The number of quaternary nitrogens is 1. The Morgan fingerprint density at radius 1 is 0.788 bits per heavy atom. The van der Waals surface area contributed by atoms with Crippen molar-refractivity contribution in [3.05, 3.63) is 35.4 Å². The fourth-order valence-corrected chi connectivity index (χ4v) is 4.42. The first-order chi connectivity index (χ1) is 15.6. The van der Waals surface area contributed by atoms with Gasteiger partial charge in [0.15, 0.2) is 0 Å². The highest BCUT2D eigenvalue weighted by Gasteiger charge is 2.34. The largest absolute Gasteiger partial charge is 0.756 e. The van der Waals surface area contributed by atoms with Gasteiger partial charge >= 0.3 is 0 Å². The molecule has 0 fully saturated rings. The monoisotopic (exact) mass is 482 g/mol. The Hall–Kier alpha value is -1.57. The highest BCUT2D eigenvalue weighted by Crippen LogP contribution is 2.38. The Kier molecular flexibility index (Phi) is 11.2. The molecule has 1 aromatic rings. The van der Waals surface area contributed by atoms with Crippen LogP contribution in [0, 0.1) is 0 Å². The van der Waals surface area contributed by atoms with Crippen molar-refractivity contribution in [1.29, 1.82) is 0 Å². The van der Waals surface area contributed by atoms with Gasteiger partial charge in [-0.1, -0.05) is 57.1 Å². The van der Waals surface area contributed by atoms with Crippen LogP contribution in [0.15, 0.2) is 24.3 Å². The molecule has 1 unspecified atom stereocenters. The number of amides is 2. The minimum Gasteiger partial charge on any atom is -0.756 e. The molecule has 0 bridgehead atoms. The van der Waals surface area contributed by atoms with E-state index >= 15 is 0 Å². The van der Waals surface area contributed by atoms with Gasteiger partial charge in [0, 0.05) is 6.54 Å². The molecule has 1 aromatic carbocycles. The average Bonchev–Trinajstić information content (AvgIpc) is 2.98. The molecule has 33 heavy (non-hydrogen) atoms. The van der Waals surface area contributed by atoms with E-state index in [1.165, 1.54) is 4.90 Å². The van der Waals surface area contributed by atoms with Crippen LogP contribution in [0.1, 0.15) is 78.5 Å². The molecule has 1 aliphatic rings. The number of rotatable bonds is 17. The zero-order chi connectivity index (χ0) is 24.3. The molecular weight excluding hydrogens is 443 g/mol. The van der Waals surface area contributed by atoms with E-state index in [0.717, 1.165) is 51.4 Å². The predicted octanol–water partition coefficient (Wildman–Crippen LogP) is 4.00. The lowest BCUT2D eigenvalue weighted by atomic mass is 10.1. The summed E-state index contributed by atoms with van der Waals surface area (Å²) in [6.45, 7) is 1.37. The number of nitrogens with zero attached hydrogens (tertiary/aromatic N) is 2. The van der Waals surface area contributed by atoms with Gasteiger partial charge in [0.2, 0.25) is 0 Å². The quantitative estimate of drug-likeness (QED) is 0.144. The van der Waals surface area contributed by atoms with E-state index in [4.69, 9.17) is 9.05 Å². The molecule has 0 radical (unpaired) electrons. The molecule has 1 heterocycles. The first kappa shape index (κ1) is 27.7. The number of fused-ring (bicyclic) bond motifs is 1. The number of phosphoric acid groups is 1. The van der Waals surface area contributed by atoms with Crippen molar-refractivity contribution in [2.75, 3.05) is 47.4 Å².